The van der Waals surface area contributed by atoms with E-state index in [2.05, 4.69) is 13.8 Å². The molecular weight excluding hydrogens is 275 g/mol. The molecule has 2 atom stereocenters. The van der Waals surface area contributed by atoms with Gasteiger partial charge in [0.25, 0.3) is 0 Å². The Bertz CT molecular complexity index is 703. The van der Waals surface area contributed by atoms with Crippen LogP contribution in [-0.2, 0) is 4.79 Å². The predicted octanol–water partition coefficient (Wildman–Crippen LogP) is 5.21. The zero-order chi connectivity index (χ0) is 15.9. The number of carbonyl (C=O) groups excluding carboxylic acids is 1. The summed E-state index contributed by atoms with van der Waals surface area (Å²) in [5, 5.41) is 0. The Kier molecular flexibility index (Phi) is 3.64. The van der Waals surface area contributed by atoms with Crippen LogP contribution < -0.4 is 0 Å². The minimum Gasteiger partial charge on any atom is -0.299 e. The Labute approximate surface area is 131 Å². The van der Waals surface area contributed by atoms with Crippen LogP contribution in [0.15, 0.2) is 48.5 Å². The maximum absolute atomic E-state index is 14.2. The Morgan fingerprint density at radius 2 is 1.82 bits per heavy atom. The summed E-state index contributed by atoms with van der Waals surface area (Å²) in [5.41, 5.74) is 2.53. The lowest BCUT2D eigenvalue weighted by atomic mass is 9.97. The average Bonchev–Trinajstić information content (AvgIpc) is 3.10. The zero-order valence-corrected chi connectivity index (χ0v) is 13.3. The van der Waals surface area contributed by atoms with Crippen molar-refractivity contribution in [1.29, 1.82) is 0 Å². The van der Waals surface area contributed by atoms with Crippen molar-refractivity contribution in [2.45, 2.75) is 33.1 Å². The van der Waals surface area contributed by atoms with Crippen molar-refractivity contribution in [2.75, 3.05) is 0 Å². The molecule has 0 spiro atoms. The second kappa shape index (κ2) is 5.35. The van der Waals surface area contributed by atoms with Gasteiger partial charge in [-0.2, -0.15) is 0 Å². The second-order valence-corrected chi connectivity index (χ2v) is 6.70. The molecule has 0 saturated heterocycles. The number of ketones is 1. The van der Waals surface area contributed by atoms with E-state index in [1.165, 1.54) is 6.07 Å². The predicted molar refractivity (Wildman–Crippen MR) is 87.1 cm³/mol. The molecule has 0 radical (unpaired) electrons. The molecule has 0 bridgehead atoms. The molecule has 0 aliphatic heterocycles. The van der Waals surface area contributed by atoms with E-state index in [1.807, 2.05) is 49.4 Å². The maximum atomic E-state index is 14.2. The molecule has 1 aliphatic rings. The number of benzene rings is 2. The molecule has 1 saturated carbocycles. The molecular formula is C20H21FO. The summed E-state index contributed by atoms with van der Waals surface area (Å²) in [4.78, 5) is 12.1. The highest BCUT2D eigenvalue weighted by Gasteiger charge is 2.61. The first-order chi connectivity index (χ1) is 10.5. The van der Waals surface area contributed by atoms with E-state index < -0.39 is 0 Å². The summed E-state index contributed by atoms with van der Waals surface area (Å²) in [6.45, 7) is 6.16. The quantitative estimate of drug-likeness (QED) is 0.756. The molecule has 2 unspecified atom stereocenters. The minimum atomic E-state index is -0.216. The number of carbonyl (C=O) groups is 1. The summed E-state index contributed by atoms with van der Waals surface area (Å²) in [6.07, 6.45) is 0.567. The van der Waals surface area contributed by atoms with Crippen molar-refractivity contribution in [2.24, 2.45) is 11.3 Å². The Morgan fingerprint density at radius 1 is 1.14 bits per heavy atom. The van der Waals surface area contributed by atoms with Gasteiger partial charge >= 0.3 is 0 Å². The van der Waals surface area contributed by atoms with E-state index in [4.69, 9.17) is 0 Å². The van der Waals surface area contributed by atoms with E-state index in [0.717, 1.165) is 11.1 Å². The molecule has 0 aromatic heterocycles. The lowest BCUT2D eigenvalue weighted by Crippen LogP contribution is -2.03. The number of halogens is 1. The summed E-state index contributed by atoms with van der Waals surface area (Å²) in [7, 11) is 0. The largest absolute Gasteiger partial charge is 0.299 e. The Morgan fingerprint density at radius 3 is 2.45 bits per heavy atom. The third kappa shape index (κ3) is 2.37. The first-order valence-electron chi connectivity index (χ1n) is 7.84. The molecule has 1 fully saturated rings. The van der Waals surface area contributed by atoms with Crippen molar-refractivity contribution in [3.8, 4) is 11.1 Å². The fraction of sp³-hybridized carbons (Fsp3) is 0.350. The van der Waals surface area contributed by atoms with Crippen molar-refractivity contribution < 1.29 is 9.18 Å². The number of rotatable bonds is 4. The Balaban J connectivity index is 1.99. The topological polar surface area (TPSA) is 17.1 Å². The van der Waals surface area contributed by atoms with Crippen LogP contribution in [0.4, 0.5) is 4.39 Å². The fourth-order valence-electron chi connectivity index (χ4n) is 3.66. The van der Waals surface area contributed by atoms with Gasteiger partial charge in [0.05, 0.1) is 0 Å². The molecule has 114 valence electrons. The van der Waals surface area contributed by atoms with Crippen molar-refractivity contribution in [1.82, 2.24) is 0 Å². The van der Waals surface area contributed by atoms with E-state index >= 15 is 0 Å². The first-order valence-corrected chi connectivity index (χ1v) is 7.84. The molecule has 3 rings (SSSR count). The van der Waals surface area contributed by atoms with Crippen molar-refractivity contribution in [3.63, 3.8) is 0 Å². The molecule has 1 nitrogen and oxygen atoms in total. The fourth-order valence-corrected chi connectivity index (χ4v) is 3.66. The van der Waals surface area contributed by atoms with Gasteiger partial charge in [0.2, 0.25) is 0 Å². The summed E-state index contributed by atoms with van der Waals surface area (Å²) < 4.78 is 14.2. The third-order valence-corrected chi connectivity index (χ3v) is 4.96. The van der Waals surface area contributed by atoms with E-state index in [1.54, 1.807) is 0 Å². The lowest BCUT2D eigenvalue weighted by molar-refractivity contribution is -0.120. The van der Waals surface area contributed by atoms with Gasteiger partial charge in [-0.1, -0.05) is 57.2 Å². The molecule has 2 heteroatoms. The van der Waals surface area contributed by atoms with Gasteiger partial charge in [-0.3, -0.25) is 4.79 Å². The van der Waals surface area contributed by atoms with Gasteiger partial charge in [0.1, 0.15) is 11.6 Å². The SMILES string of the molecule is CCC(=O)C1C(c2ccc(F)c(-c3ccccc3)c2)C1(C)C. The smallest absolute Gasteiger partial charge is 0.136 e. The highest BCUT2D eigenvalue weighted by atomic mass is 19.1. The standard InChI is InChI=1S/C20H21FO/c1-4-17(22)19-18(20(19,2)3)14-10-11-16(21)15(12-14)13-8-6-5-7-9-13/h5-12,18-19H,4H2,1-3H3. The molecule has 22 heavy (non-hydrogen) atoms. The van der Waals surface area contributed by atoms with E-state index in [0.29, 0.717) is 17.8 Å². The first kappa shape index (κ1) is 15.0. The van der Waals surface area contributed by atoms with Crippen LogP contribution in [0.5, 0.6) is 0 Å². The highest BCUT2D eigenvalue weighted by Crippen LogP contribution is 2.65. The van der Waals surface area contributed by atoms with E-state index in [9.17, 15) is 9.18 Å². The van der Waals surface area contributed by atoms with Gasteiger partial charge in [0.15, 0.2) is 0 Å². The van der Waals surface area contributed by atoms with E-state index in [-0.39, 0.29) is 23.1 Å². The van der Waals surface area contributed by atoms with Gasteiger partial charge < -0.3 is 0 Å². The van der Waals surface area contributed by atoms with Crippen LogP contribution in [-0.4, -0.2) is 5.78 Å². The highest BCUT2D eigenvalue weighted by molar-refractivity contribution is 5.86. The van der Waals surface area contributed by atoms with Crippen LogP contribution in [0.2, 0.25) is 0 Å². The molecule has 0 N–H and O–H groups in total. The van der Waals surface area contributed by atoms with Gasteiger partial charge in [-0.05, 0) is 34.6 Å². The zero-order valence-electron chi connectivity index (χ0n) is 13.3. The van der Waals surface area contributed by atoms with Crippen LogP contribution in [0.3, 0.4) is 0 Å². The number of hydrogen-bond acceptors (Lipinski definition) is 1. The molecule has 0 amide bonds. The molecule has 0 heterocycles. The third-order valence-electron chi connectivity index (χ3n) is 4.96. The van der Waals surface area contributed by atoms with Crippen LogP contribution in [0.25, 0.3) is 11.1 Å². The second-order valence-electron chi connectivity index (χ2n) is 6.70. The molecule has 1 aliphatic carbocycles. The van der Waals surface area contributed by atoms with Gasteiger partial charge in [-0.25, -0.2) is 4.39 Å². The molecule has 2 aromatic carbocycles. The minimum absolute atomic E-state index is 0.0289. The molecule has 2 aromatic rings. The Hall–Kier alpha value is -1.96. The van der Waals surface area contributed by atoms with Gasteiger partial charge in [-0.15, -0.1) is 0 Å². The normalized spacial score (nSPS) is 22.4. The maximum Gasteiger partial charge on any atom is 0.136 e. The summed E-state index contributed by atoms with van der Waals surface area (Å²) in [6, 6.07) is 14.8. The average molecular weight is 296 g/mol. The van der Waals surface area contributed by atoms with Crippen LogP contribution in [0.1, 0.15) is 38.7 Å². The summed E-state index contributed by atoms with van der Waals surface area (Å²) in [5.74, 6) is 0.349. The van der Waals surface area contributed by atoms with Crippen molar-refractivity contribution in [3.05, 3.63) is 59.9 Å². The number of hydrogen-bond donors (Lipinski definition) is 0. The van der Waals surface area contributed by atoms with Crippen LogP contribution >= 0.6 is 0 Å². The monoisotopic (exact) mass is 296 g/mol. The number of Topliss-reactive ketones (excluding diaryl/α,β-unsaturated/α-hetero) is 1. The summed E-state index contributed by atoms with van der Waals surface area (Å²) >= 11 is 0. The lowest BCUT2D eigenvalue weighted by Gasteiger charge is -2.08. The van der Waals surface area contributed by atoms with Gasteiger partial charge in [0, 0.05) is 17.9 Å². The van der Waals surface area contributed by atoms with Crippen LogP contribution in [0, 0.1) is 17.2 Å². The van der Waals surface area contributed by atoms with Crippen molar-refractivity contribution >= 4 is 5.78 Å².